The van der Waals surface area contributed by atoms with Gasteiger partial charge in [0.2, 0.25) is 0 Å². The number of hydrogen-bond acceptors (Lipinski definition) is 2. The quantitative estimate of drug-likeness (QED) is 0.879. The zero-order valence-corrected chi connectivity index (χ0v) is 11.0. The maximum Gasteiger partial charge on any atom is 0.407 e. The third-order valence-electron chi connectivity index (χ3n) is 3.50. The van der Waals surface area contributed by atoms with E-state index in [1.807, 2.05) is 0 Å². The number of rotatable bonds is 2. The average molecular weight is 288 g/mol. The minimum absolute atomic E-state index is 0.170. The second kappa shape index (κ2) is 5.35. The smallest absolute Gasteiger partial charge is 0.407 e. The van der Waals surface area contributed by atoms with Crippen molar-refractivity contribution in [1.29, 1.82) is 0 Å². The van der Waals surface area contributed by atoms with Crippen LogP contribution in [0.15, 0.2) is 18.2 Å². The van der Waals surface area contributed by atoms with Crippen molar-refractivity contribution in [2.24, 2.45) is 0 Å². The molecular weight excluding hydrogens is 273 g/mol. The van der Waals surface area contributed by atoms with Crippen LogP contribution in [0.3, 0.4) is 0 Å². The minimum atomic E-state index is -1.05. The van der Waals surface area contributed by atoms with E-state index in [2.05, 4.69) is 0 Å². The molecule has 4 nitrogen and oxygen atoms in total. The Labute approximate surface area is 115 Å². The zero-order chi connectivity index (χ0) is 14.0. The Morgan fingerprint density at radius 2 is 2.05 bits per heavy atom. The van der Waals surface area contributed by atoms with Gasteiger partial charge < -0.3 is 15.1 Å². The first-order chi connectivity index (χ1) is 8.89. The third-order valence-corrected chi connectivity index (χ3v) is 3.73. The molecular formula is C13H15ClFNO3. The van der Waals surface area contributed by atoms with Crippen molar-refractivity contribution in [3.8, 4) is 0 Å². The summed E-state index contributed by atoms with van der Waals surface area (Å²) >= 11 is 5.67. The highest BCUT2D eigenvalue weighted by atomic mass is 35.5. The van der Waals surface area contributed by atoms with Crippen LogP contribution in [-0.2, 0) is 6.42 Å². The molecule has 0 saturated carbocycles. The first-order valence-electron chi connectivity index (χ1n) is 6.04. The van der Waals surface area contributed by atoms with Crippen LogP contribution in [0.2, 0.25) is 5.02 Å². The highest BCUT2D eigenvalue weighted by Gasteiger charge is 2.34. The van der Waals surface area contributed by atoms with Crippen LogP contribution in [0.5, 0.6) is 0 Å². The van der Waals surface area contributed by atoms with Gasteiger partial charge in [0.15, 0.2) is 0 Å². The van der Waals surface area contributed by atoms with Crippen molar-refractivity contribution < 1.29 is 19.4 Å². The molecule has 1 amide bonds. The lowest BCUT2D eigenvalue weighted by molar-refractivity contribution is -0.0168. The fourth-order valence-electron chi connectivity index (χ4n) is 2.31. The molecule has 2 N–H and O–H groups in total. The molecule has 1 aliphatic rings. The Kier molecular flexibility index (Phi) is 3.96. The number of amides is 1. The summed E-state index contributed by atoms with van der Waals surface area (Å²) in [5.74, 6) is -0.443. The lowest BCUT2D eigenvalue weighted by Crippen LogP contribution is -2.47. The molecule has 1 saturated heterocycles. The van der Waals surface area contributed by atoms with Gasteiger partial charge in [-0.3, -0.25) is 0 Å². The molecule has 0 radical (unpaired) electrons. The molecule has 1 aliphatic heterocycles. The van der Waals surface area contributed by atoms with Crippen LogP contribution in [0.4, 0.5) is 9.18 Å². The van der Waals surface area contributed by atoms with E-state index in [-0.39, 0.29) is 19.5 Å². The van der Waals surface area contributed by atoms with E-state index in [4.69, 9.17) is 16.7 Å². The normalized spacial score (nSPS) is 18.4. The van der Waals surface area contributed by atoms with Gasteiger partial charge in [0.05, 0.1) is 5.60 Å². The van der Waals surface area contributed by atoms with E-state index in [1.165, 1.54) is 11.0 Å². The van der Waals surface area contributed by atoms with Crippen LogP contribution in [0.1, 0.15) is 18.4 Å². The number of likely N-dealkylation sites (tertiary alicyclic amines) is 1. The van der Waals surface area contributed by atoms with Gasteiger partial charge in [-0.1, -0.05) is 17.7 Å². The third kappa shape index (κ3) is 3.36. The predicted octanol–water partition coefficient (Wildman–Crippen LogP) is 2.53. The molecule has 0 aliphatic carbocycles. The summed E-state index contributed by atoms with van der Waals surface area (Å²) in [6.45, 7) is 0.530. The second-order valence-corrected chi connectivity index (χ2v) is 5.34. The standard InChI is InChI=1S/C13H15ClFNO3/c14-10-2-1-9(11(15)7-10)8-13(19)3-5-16(6-4-13)12(17)18/h1-2,7,19H,3-6,8H2,(H,17,18). The summed E-state index contributed by atoms with van der Waals surface area (Å²) in [6, 6.07) is 4.35. The molecule has 0 aromatic heterocycles. The molecule has 0 unspecified atom stereocenters. The Morgan fingerprint density at radius 1 is 1.42 bits per heavy atom. The van der Waals surface area contributed by atoms with Crippen molar-refractivity contribution in [2.75, 3.05) is 13.1 Å². The van der Waals surface area contributed by atoms with Gasteiger partial charge in [-0.15, -0.1) is 0 Å². The van der Waals surface area contributed by atoms with Gasteiger partial charge in [0.25, 0.3) is 0 Å². The summed E-state index contributed by atoms with van der Waals surface area (Å²) in [6.07, 6.45) is -0.202. The number of hydrogen-bond donors (Lipinski definition) is 2. The highest BCUT2D eigenvalue weighted by molar-refractivity contribution is 6.30. The van der Waals surface area contributed by atoms with Gasteiger partial charge >= 0.3 is 6.09 Å². The molecule has 104 valence electrons. The van der Waals surface area contributed by atoms with Crippen molar-refractivity contribution >= 4 is 17.7 Å². The molecule has 0 bridgehead atoms. The molecule has 0 spiro atoms. The Hall–Kier alpha value is -1.33. The fourth-order valence-corrected chi connectivity index (χ4v) is 2.47. The number of benzene rings is 1. The van der Waals surface area contributed by atoms with Crippen molar-refractivity contribution in [3.05, 3.63) is 34.6 Å². The van der Waals surface area contributed by atoms with E-state index >= 15 is 0 Å². The number of aliphatic hydroxyl groups is 1. The van der Waals surface area contributed by atoms with Crippen LogP contribution >= 0.6 is 11.6 Å². The Morgan fingerprint density at radius 3 is 2.58 bits per heavy atom. The van der Waals surface area contributed by atoms with Gasteiger partial charge in [0, 0.05) is 24.5 Å². The lowest BCUT2D eigenvalue weighted by Gasteiger charge is -2.37. The molecule has 1 aromatic carbocycles. The molecule has 1 heterocycles. The largest absolute Gasteiger partial charge is 0.465 e. The monoisotopic (exact) mass is 287 g/mol. The van der Waals surface area contributed by atoms with Crippen LogP contribution in [-0.4, -0.2) is 39.9 Å². The lowest BCUT2D eigenvalue weighted by atomic mass is 9.85. The van der Waals surface area contributed by atoms with E-state index in [9.17, 15) is 14.3 Å². The zero-order valence-electron chi connectivity index (χ0n) is 10.3. The summed E-state index contributed by atoms with van der Waals surface area (Å²) in [5.41, 5.74) is -0.656. The van der Waals surface area contributed by atoms with Gasteiger partial charge in [-0.25, -0.2) is 9.18 Å². The number of piperidine rings is 1. The van der Waals surface area contributed by atoms with E-state index in [0.29, 0.717) is 23.4 Å². The number of carbonyl (C=O) groups is 1. The van der Waals surface area contributed by atoms with Crippen molar-refractivity contribution in [3.63, 3.8) is 0 Å². The van der Waals surface area contributed by atoms with Gasteiger partial charge in [-0.05, 0) is 30.5 Å². The van der Waals surface area contributed by atoms with E-state index in [1.54, 1.807) is 12.1 Å². The van der Waals surface area contributed by atoms with Crippen LogP contribution in [0, 0.1) is 5.82 Å². The maximum absolute atomic E-state index is 13.7. The molecule has 1 fully saturated rings. The van der Waals surface area contributed by atoms with E-state index < -0.39 is 17.5 Å². The maximum atomic E-state index is 13.7. The average Bonchev–Trinajstić information content (AvgIpc) is 2.33. The molecule has 2 rings (SSSR count). The summed E-state index contributed by atoms with van der Waals surface area (Å²) in [4.78, 5) is 12.0. The fraction of sp³-hybridized carbons (Fsp3) is 0.462. The second-order valence-electron chi connectivity index (χ2n) is 4.91. The Bertz CT molecular complexity index is 487. The molecule has 1 aromatic rings. The van der Waals surface area contributed by atoms with Crippen molar-refractivity contribution in [1.82, 2.24) is 4.90 Å². The molecule has 19 heavy (non-hydrogen) atoms. The highest BCUT2D eigenvalue weighted by Crippen LogP contribution is 2.28. The number of nitrogens with zero attached hydrogens (tertiary/aromatic N) is 1. The van der Waals surface area contributed by atoms with Crippen LogP contribution in [0.25, 0.3) is 0 Å². The molecule has 0 atom stereocenters. The van der Waals surface area contributed by atoms with Gasteiger partial charge in [-0.2, -0.15) is 0 Å². The summed E-state index contributed by atoms with van der Waals surface area (Å²) < 4.78 is 13.7. The number of halogens is 2. The topological polar surface area (TPSA) is 60.8 Å². The first-order valence-corrected chi connectivity index (χ1v) is 6.42. The predicted molar refractivity (Wildman–Crippen MR) is 68.9 cm³/mol. The van der Waals surface area contributed by atoms with Gasteiger partial charge in [0.1, 0.15) is 5.82 Å². The minimum Gasteiger partial charge on any atom is -0.465 e. The Balaban J connectivity index is 2.04. The van der Waals surface area contributed by atoms with E-state index in [0.717, 1.165) is 0 Å². The number of carboxylic acid groups (broad SMARTS) is 1. The summed E-state index contributed by atoms with van der Waals surface area (Å²) in [5, 5.41) is 19.6. The van der Waals surface area contributed by atoms with Crippen molar-refractivity contribution in [2.45, 2.75) is 24.9 Å². The molecule has 6 heteroatoms. The first kappa shape index (κ1) is 14.1. The summed E-state index contributed by atoms with van der Waals surface area (Å²) in [7, 11) is 0. The van der Waals surface area contributed by atoms with Crippen LogP contribution < -0.4 is 0 Å². The SMILES string of the molecule is O=C(O)N1CCC(O)(Cc2ccc(Cl)cc2F)CC1.